The standard InChI is InChI=1S/C18H40N2/c1-5-6-7-8-9-10-11-12-13-14-15-16-17-18(2,19)20(3)4/h5-17,19H2,1-4H3. The van der Waals surface area contributed by atoms with E-state index < -0.39 is 0 Å². The van der Waals surface area contributed by atoms with Crippen molar-refractivity contribution in [3.05, 3.63) is 0 Å². The van der Waals surface area contributed by atoms with Crippen molar-refractivity contribution in [3.63, 3.8) is 0 Å². The van der Waals surface area contributed by atoms with E-state index in [1.165, 1.54) is 77.0 Å². The third kappa shape index (κ3) is 11.7. The summed E-state index contributed by atoms with van der Waals surface area (Å²) in [6, 6.07) is 0. The molecule has 0 aromatic heterocycles. The van der Waals surface area contributed by atoms with Gasteiger partial charge in [-0.05, 0) is 27.4 Å². The first-order valence-electron chi connectivity index (χ1n) is 8.97. The van der Waals surface area contributed by atoms with Crippen molar-refractivity contribution in [2.24, 2.45) is 5.73 Å². The topological polar surface area (TPSA) is 29.3 Å². The maximum atomic E-state index is 6.22. The molecular formula is C18H40N2. The van der Waals surface area contributed by atoms with Crippen LogP contribution in [-0.4, -0.2) is 24.7 Å². The molecule has 0 saturated heterocycles. The Labute approximate surface area is 128 Å². The van der Waals surface area contributed by atoms with Gasteiger partial charge in [0.15, 0.2) is 0 Å². The van der Waals surface area contributed by atoms with Gasteiger partial charge >= 0.3 is 0 Å². The molecule has 0 saturated carbocycles. The first kappa shape index (κ1) is 19.9. The van der Waals surface area contributed by atoms with Crippen molar-refractivity contribution in [1.82, 2.24) is 4.90 Å². The van der Waals surface area contributed by atoms with E-state index in [-0.39, 0.29) is 5.66 Å². The van der Waals surface area contributed by atoms with E-state index >= 15 is 0 Å². The van der Waals surface area contributed by atoms with Gasteiger partial charge in [-0.1, -0.05) is 84.0 Å². The van der Waals surface area contributed by atoms with E-state index in [0.29, 0.717) is 0 Å². The summed E-state index contributed by atoms with van der Waals surface area (Å²) < 4.78 is 0. The van der Waals surface area contributed by atoms with Gasteiger partial charge in [0.1, 0.15) is 0 Å². The van der Waals surface area contributed by atoms with E-state index in [4.69, 9.17) is 5.73 Å². The fourth-order valence-electron chi connectivity index (χ4n) is 2.55. The van der Waals surface area contributed by atoms with E-state index in [1.807, 2.05) is 0 Å². The SMILES string of the molecule is CCCCCCCCCCCCCCC(C)(N)N(C)C. The molecule has 0 amide bonds. The molecule has 0 fully saturated rings. The number of nitrogens with zero attached hydrogens (tertiary/aromatic N) is 1. The Kier molecular flexibility index (Phi) is 12.6. The molecule has 20 heavy (non-hydrogen) atoms. The minimum Gasteiger partial charge on any atom is -0.313 e. The molecule has 2 N–H and O–H groups in total. The summed E-state index contributed by atoms with van der Waals surface area (Å²) >= 11 is 0. The highest BCUT2D eigenvalue weighted by atomic mass is 15.2. The zero-order valence-electron chi connectivity index (χ0n) is 14.7. The van der Waals surface area contributed by atoms with Crippen LogP contribution in [0.2, 0.25) is 0 Å². The quantitative estimate of drug-likeness (QED) is 0.346. The normalized spacial score (nSPS) is 14.7. The average Bonchev–Trinajstić information content (AvgIpc) is 2.39. The second kappa shape index (κ2) is 12.6. The lowest BCUT2D eigenvalue weighted by molar-refractivity contribution is 0.163. The van der Waals surface area contributed by atoms with Crippen LogP contribution >= 0.6 is 0 Å². The second-order valence-electron chi connectivity index (χ2n) is 6.89. The number of hydrogen-bond acceptors (Lipinski definition) is 2. The van der Waals surface area contributed by atoms with Crippen LogP contribution in [0.3, 0.4) is 0 Å². The van der Waals surface area contributed by atoms with Crippen LogP contribution in [0.4, 0.5) is 0 Å². The predicted molar refractivity (Wildman–Crippen MR) is 92.0 cm³/mol. The smallest absolute Gasteiger partial charge is 0.0653 e. The summed E-state index contributed by atoms with van der Waals surface area (Å²) in [6.07, 6.45) is 18.0. The molecular weight excluding hydrogens is 244 g/mol. The summed E-state index contributed by atoms with van der Waals surface area (Å²) in [5, 5.41) is 0. The third-order valence-electron chi connectivity index (χ3n) is 4.56. The Hall–Kier alpha value is -0.0800. The molecule has 1 unspecified atom stereocenters. The van der Waals surface area contributed by atoms with Gasteiger partial charge in [-0.3, -0.25) is 4.90 Å². The molecule has 0 spiro atoms. The molecule has 1 atom stereocenters. The molecule has 0 aromatic rings. The molecule has 2 heteroatoms. The average molecular weight is 285 g/mol. The summed E-state index contributed by atoms with van der Waals surface area (Å²) in [5.41, 5.74) is 6.09. The monoisotopic (exact) mass is 284 g/mol. The Bertz CT molecular complexity index is 200. The first-order chi connectivity index (χ1) is 9.50. The Balaban J connectivity index is 3.17. The van der Waals surface area contributed by atoms with Crippen molar-refractivity contribution in [1.29, 1.82) is 0 Å². The van der Waals surface area contributed by atoms with Gasteiger partial charge < -0.3 is 5.73 Å². The highest BCUT2D eigenvalue weighted by Gasteiger charge is 2.19. The molecule has 122 valence electrons. The Morgan fingerprint density at radius 3 is 1.40 bits per heavy atom. The van der Waals surface area contributed by atoms with Crippen molar-refractivity contribution in [2.75, 3.05) is 14.1 Å². The number of rotatable bonds is 14. The molecule has 0 aliphatic heterocycles. The second-order valence-corrected chi connectivity index (χ2v) is 6.89. The summed E-state index contributed by atoms with van der Waals surface area (Å²) in [5.74, 6) is 0. The minimum atomic E-state index is -0.126. The maximum Gasteiger partial charge on any atom is 0.0653 e. The zero-order chi connectivity index (χ0) is 15.3. The number of hydrogen-bond donors (Lipinski definition) is 1. The van der Waals surface area contributed by atoms with Crippen molar-refractivity contribution < 1.29 is 0 Å². The molecule has 0 aliphatic carbocycles. The number of unbranched alkanes of at least 4 members (excludes halogenated alkanes) is 11. The first-order valence-corrected chi connectivity index (χ1v) is 8.97. The van der Waals surface area contributed by atoms with Crippen LogP contribution in [0.1, 0.15) is 97.3 Å². The van der Waals surface area contributed by atoms with Crippen LogP contribution in [0.25, 0.3) is 0 Å². The van der Waals surface area contributed by atoms with Crippen LogP contribution < -0.4 is 5.73 Å². The Morgan fingerprint density at radius 1 is 0.700 bits per heavy atom. The van der Waals surface area contributed by atoms with Crippen LogP contribution in [0.15, 0.2) is 0 Å². The third-order valence-corrected chi connectivity index (χ3v) is 4.56. The van der Waals surface area contributed by atoms with Crippen molar-refractivity contribution in [3.8, 4) is 0 Å². The molecule has 0 aliphatic rings. The number of nitrogens with two attached hydrogens (primary N) is 1. The fraction of sp³-hybridized carbons (Fsp3) is 1.00. The summed E-state index contributed by atoms with van der Waals surface area (Å²) in [4.78, 5) is 2.13. The maximum absolute atomic E-state index is 6.22. The largest absolute Gasteiger partial charge is 0.313 e. The van der Waals surface area contributed by atoms with Crippen molar-refractivity contribution in [2.45, 2.75) is 103 Å². The van der Waals surface area contributed by atoms with E-state index in [0.717, 1.165) is 6.42 Å². The predicted octanol–water partition coefficient (Wildman–Crippen LogP) is 5.31. The zero-order valence-corrected chi connectivity index (χ0v) is 14.7. The Morgan fingerprint density at radius 2 is 1.05 bits per heavy atom. The van der Waals surface area contributed by atoms with E-state index in [9.17, 15) is 0 Å². The molecule has 0 rings (SSSR count). The summed E-state index contributed by atoms with van der Waals surface area (Å²) in [6.45, 7) is 4.41. The highest BCUT2D eigenvalue weighted by molar-refractivity contribution is 4.74. The van der Waals surface area contributed by atoms with Gasteiger partial charge in [0.25, 0.3) is 0 Å². The highest BCUT2D eigenvalue weighted by Crippen LogP contribution is 2.16. The van der Waals surface area contributed by atoms with Gasteiger partial charge in [0, 0.05) is 0 Å². The fourth-order valence-corrected chi connectivity index (χ4v) is 2.55. The van der Waals surface area contributed by atoms with Crippen LogP contribution in [-0.2, 0) is 0 Å². The van der Waals surface area contributed by atoms with Crippen molar-refractivity contribution >= 4 is 0 Å². The molecule has 0 heterocycles. The van der Waals surface area contributed by atoms with Gasteiger partial charge in [-0.25, -0.2) is 0 Å². The lowest BCUT2D eigenvalue weighted by Crippen LogP contribution is -2.49. The van der Waals surface area contributed by atoms with E-state index in [2.05, 4.69) is 32.8 Å². The molecule has 0 bridgehead atoms. The minimum absolute atomic E-state index is 0.126. The van der Waals surface area contributed by atoms with Gasteiger partial charge in [0.2, 0.25) is 0 Å². The summed E-state index contributed by atoms with van der Waals surface area (Å²) in [7, 11) is 4.14. The molecule has 0 aromatic carbocycles. The molecule has 2 nitrogen and oxygen atoms in total. The lowest BCUT2D eigenvalue weighted by Gasteiger charge is -2.32. The van der Waals surface area contributed by atoms with Gasteiger partial charge in [0.05, 0.1) is 5.66 Å². The van der Waals surface area contributed by atoms with E-state index in [1.54, 1.807) is 0 Å². The van der Waals surface area contributed by atoms with Crippen LogP contribution in [0.5, 0.6) is 0 Å². The molecule has 0 radical (unpaired) electrons. The van der Waals surface area contributed by atoms with Gasteiger partial charge in [-0.15, -0.1) is 0 Å². The lowest BCUT2D eigenvalue weighted by atomic mass is 10.0. The van der Waals surface area contributed by atoms with Gasteiger partial charge in [-0.2, -0.15) is 0 Å². The van der Waals surface area contributed by atoms with Crippen LogP contribution in [0, 0.1) is 0 Å².